The first-order chi connectivity index (χ1) is 10.8. The second-order valence-electron chi connectivity index (χ2n) is 7.24. The van der Waals surface area contributed by atoms with Crippen molar-refractivity contribution >= 4 is 11.9 Å². The third-order valence-electron chi connectivity index (χ3n) is 3.91. The molecular formula is C17H28N4O2. The first kappa shape index (κ1) is 17.5. The fraction of sp³-hybridized carbons (Fsp3) is 0.706. The number of ether oxygens (including phenoxy) is 1. The van der Waals surface area contributed by atoms with Gasteiger partial charge < -0.3 is 14.5 Å². The minimum Gasteiger partial charge on any atom is -0.444 e. The zero-order chi connectivity index (χ0) is 17.0. The van der Waals surface area contributed by atoms with Gasteiger partial charge in [0.05, 0.1) is 11.7 Å². The number of piperidine rings is 1. The highest BCUT2D eigenvalue weighted by Crippen LogP contribution is 2.22. The maximum absolute atomic E-state index is 12.4. The average molecular weight is 320 g/mol. The molecular weight excluding hydrogens is 292 g/mol. The summed E-state index contributed by atoms with van der Waals surface area (Å²) in [6.45, 7) is 9.11. The second-order valence-corrected chi connectivity index (χ2v) is 7.24. The lowest BCUT2D eigenvalue weighted by atomic mass is 10.0. The molecule has 1 fully saturated rings. The molecule has 0 saturated carbocycles. The lowest BCUT2D eigenvalue weighted by Crippen LogP contribution is -2.50. The van der Waals surface area contributed by atoms with Crippen LogP contribution in [0.4, 0.5) is 10.6 Å². The highest BCUT2D eigenvalue weighted by atomic mass is 16.6. The van der Waals surface area contributed by atoms with Crippen molar-refractivity contribution in [2.45, 2.75) is 58.6 Å². The predicted octanol–water partition coefficient (Wildman–Crippen LogP) is 3.01. The minimum atomic E-state index is -0.465. The Balaban J connectivity index is 2.03. The molecule has 0 aromatic carbocycles. The summed E-state index contributed by atoms with van der Waals surface area (Å²) in [6.07, 6.45) is 2.94. The molecule has 1 aliphatic rings. The van der Waals surface area contributed by atoms with Crippen LogP contribution in [0.3, 0.4) is 0 Å². The van der Waals surface area contributed by atoms with E-state index >= 15 is 0 Å². The van der Waals surface area contributed by atoms with E-state index in [0.717, 1.165) is 43.9 Å². The van der Waals surface area contributed by atoms with E-state index in [9.17, 15) is 4.79 Å². The Hall–Kier alpha value is -1.85. The monoisotopic (exact) mass is 320 g/mol. The summed E-state index contributed by atoms with van der Waals surface area (Å²) in [7, 11) is 1.99. The maximum Gasteiger partial charge on any atom is 0.410 e. The second kappa shape index (κ2) is 7.15. The number of likely N-dealkylation sites (N-methyl/N-ethyl adjacent to an activating group) is 1. The summed E-state index contributed by atoms with van der Waals surface area (Å²) < 4.78 is 5.55. The van der Waals surface area contributed by atoms with Crippen LogP contribution in [0.25, 0.3) is 0 Å². The average Bonchev–Trinajstić information content (AvgIpc) is 2.46. The Labute approximate surface area is 138 Å². The molecule has 0 unspecified atom stereocenters. The Morgan fingerprint density at radius 2 is 2.09 bits per heavy atom. The molecule has 6 heteroatoms. The van der Waals surface area contributed by atoms with Gasteiger partial charge in [0.2, 0.25) is 0 Å². The quantitative estimate of drug-likeness (QED) is 0.857. The fourth-order valence-corrected chi connectivity index (χ4v) is 2.76. The Kier molecular flexibility index (Phi) is 5.44. The Morgan fingerprint density at radius 3 is 2.70 bits per heavy atom. The number of rotatable bonds is 3. The van der Waals surface area contributed by atoms with Crippen molar-refractivity contribution in [3.05, 3.63) is 17.8 Å². The smallest absolute Gasteiger partial charge is 0.410 e. The van der Waals surface area contributed by atoms with E-state index in [0.29, 0.717) is 0 Å². The highest BCUT2D eigenvalue weighted by Gasteiger charge is 2.31. The van der Waals surface area contributed by atoms with Crippen molar-refractivity contribution in [3.8, 4) is 0 Å². The topological polar surface area (TPSA) is 58.6 Å². The molecule has 0 radical (unpaired) electrons. The molecule has 1 saturated heterocycles. The number of carbonyl (C=O) groups is 1. The van der Waals surface area contributed by atoms with Gasteiger partial charge in [0, 0.05) is 20.1 Å². The number of aromatic nitrogens is 2. The van der Waals surface area contributed by atoms with Gasteiger partial charge in [-0.1, -0.05) is 0 Å². The van der Waals surface area contributed by atoms with Crippen LogP contribution in [0.2, 0.25) is 0 Å². The maximum atomic E-state index is 12.4. The third-order valence-corrected chi connectivity index (χ3v) is 3.91. The van der Waals surface area contributed by atoms with Crippen LogP contribution < -0.4 is 4.90 Å². The first-order valence-electron chi connectivity index (χ1n) is 8.27. The molecule has 0 aliphatic carbocycles. The van der Waals surface area contributed by atoms with Crippen LogP contribution in [0, 0.1) is 6.92 Å². The molecule has 2 rings (SSSR count). The normalized spacial score (nSPS) is 18.7. The van der Waals surface area contributed by atoms with Crippen molar-refractivity contribution in [1.29, 1.82) is 0 Å². The molecule has 0 bridgehead atoms. The van der Waals surface area contributed by atoms with Gasteiger partial charge in [-0.15, -0.1) is 5.10 Å². The van der Waals surface area contributed by atoms with Crippen LogP contribution in [-0.2, 0) is 4.74 Å². The van der Waals surface area contributed by atoms with E-state index in [-0.39, 0.29) is 12.1 Å². The van der Waals surface area contributed by atoms with Crippen molar-refractivity contribution in [1.82, 2.24) is 15.1 Å². The summed E-state index contributed by atoms with van der Waals surface area (Å²) >= 11 is 0. The lowest BCUT2D eigenvalue weighted by molar-refractivity contribution is 0.0108. The van der Waals surface area contributed by atoms with Gasteiger partial charge in [-0.2, -0.15) is 5.10 Å². The molecule has 1 aromatic heterocycles. The van der Waals surface area contributed by atoms with Crippen LogP contribution in [-0.4, -0.2) is 53.0 Å². The number of anilines is 1. The number of likely N-dealkylation sites (tertiary alicyclic amines) is 1. The molecule has 1 amide bonds. The van der Waals surface area contributed by atoms with Gasteiger partial charge >= 0.3 is 6.09 Å². The van der Waals surface area contributed by atoms with E-state index in [1.54, 1.807) is 0 Å². The largest absolute Gasteiger partial charge is 0.444 e. The van der Waals surface area contributed by atoms with Gasteiger partial charge in [0.25, 0.3) is 0 Å². The molecule has 6 nitrogen and oxygen atoms in total. The number of amides is 1. The summed E-state index contributed by atoms with van der Waals surface area (Å²) in [4.78, 5) is 16.4. The van der Waals surface area contributed by atoms with Crippen molar-refractivity contribution in [3.63, 3.8) is 0 Å². The lowest BCUT2D eigenvalue weighted by Gasteiger charge is -2.38. The first-order valence-corrected chi connectivity index (χ1v) is 8.27. The van der Waals surface area contributed by atoms with Gasteiger partial charge in [0.15, 0.2) is 5.82 Å². The molecule has 1 aliphatic heterocycles. The fourth-order valence-electron chi connectivity index (χ4n) is 2.76. The molecule has 0 spiro atoms. The van der Waals surface area contributed by atoms with Crippen molar-refractivity contribution in [2.24, 2.45) is 0 Å². The SMILES string of the molecule is Cc1ccc(N(C)C[C@@H]2CCCCN2C(=O)OC(C)(C)C)nn1. The van der Waals surface area contributed by atoms with E-state index in [1.165, 1.54) is 0 Å². The van der Waals surface area contributed by atoms with Crippen LogP contribution >= 0.6 is 0 Å². The Morgan fingerprint density at radius 1 is 1.35 bits per heavy atom. The van der Waals surface area contributed by atoms with Gasteiger partial charge in [-0.25, -0.2) is 4.79 Å². The Bertz CT molecular complexity index is 524. The standard InChI is InChI=1S/C17H28N4O2/c1-13-9-10-15(19-18-13)20(5)12-14-8-6-7-11-21(14)16(22)23-17(2,3)4/h9-10,14H,6-8,11-12H2,1-5H3/t14-/m0/s1. The van der Waals surface area contributed by atoms with Gasteiger partial charge in [-0.05, 0) is 59.1 Å². The summed E-state index contributed by atoms with van der Waals surface area (Å²) in [5, 5.41) is 8.31. The minimum absolute atomic E-state index is 0.145. The van der Waals surface area contributed by atoms with Crippen LogP contribution in [0.15, 0.2) is 12.1 Å². The summed E-state index contributed by atoms with van der Waals surface area (Å²) in [5.41, 5.74) is 0.433. The molecule has 23 heavy (non-hydrogen) atoms. The van der Waals surface area contributed by atoms with E-state index in [4.69, 9.17) is 4.74 Å². The number of hydrogen-bond donors (Lipinski definition) is 0. The van der Waals surface area contributed by atoms with E-state index in [1.807, 2.05) is 51.8 Å². The van der Waals surface area contributed by atoms with Crippen molar-refractivity contribution in [2.75, 3.05) is 25.0 Å². The molecule has 2 heterocycles. The number of hydrogen-bond acceptors (Lipinski definition) is 5. The van der Waals surface area contributed by atoms with Gasteiger partial charge in [0.1, 0.15) is 5.60 Å². The highest BCUT2D eigenvalue weighted by molar-refractivity contribution is 5.68. The molecule has 1 atom stereocenters. The van der Waals surface area contributed by atoms with Gasteiger partial charge in [-0.3, -0.25) is 0 Å². The third kappa shape index (κ3) is 5.08. The molecule has 128 valence electrons. The van der Waals surface area contributed by atoms with E-state index in [2.05, 4.69) is 15.1 Å². The predicted molar refractivity (Wildman–Crippen MR) is 90.6 cm³/mol. The van der Waals surface area contributed by atoms with Crippen molar-refractivity contribution < 1.29 is 9.53 Å². The molecule has 0 N–H and O–H groups in total. The number of nitrogens with zero attached hydrogens (tertiary/aromatic N) is 4. The zero-order valence-electron chi connectivity index (χ0n) is 14.9. The van der Waals surface area contributed by atoms with E-state index < -0.39 is 5.60 Å². The zero-order valence-corrected chi connectivity index (χ0v) is 14.9. The number of carbonyl (C=O) groups excluding carboxylic acids is 1. The van der Waals surface area contributed by atoms with Crippen LogP contribution in [0.1, 0.15) is 45.7 Å². The summed E-state index contributed by atoms with van der Waals surface area (Å²) in [6, 6.07) is 4.06. The van der Waals surface area contributed by atoms with Crippen LogP contribution in [0.5, 0.6) is 0 Å². The number of aryl methyl sites for hydroxylation is 1. The molecule has 1 aromatic rings. The summed E-state index contributed by atoms with van der Waals surface area (Å²) in [5.74, 6) is 0.824.